The van der Waals surface area contributed by atoms with E-state index < -0.39 is 0 Å². The van der Waals surface area contributed by atoms with Gasteiger partial charge in [0, 0.05) is 17.7 Å². The SMILES string of the molecule is CC[C@@H](C)NC(=O)/C(=C/c1ccco1)NC(=O)c1cccc(C)c1. The highest BCUT2D eigenvalue weighted by Gasteiger charge is 2.16. The second-order valence-electron chi connectivity index (χ2n) is 5.68. The molecule has 2 N–H and O–H groups in total. The van der Waals surface area contributed by atoms with Crippen LogP contribution in [0.3, 0.4) is 0 Å². The highest BCUT2D eigenvalue weighted by Crippen LogP contribution is 2.09. The fourth-order valence-corrected chi connectivity index (χ4v) is 2.06. The molecular weight excluding hydrogens is 304 g/mol. The Morgan fingerprint density at radius 1 is 1.25 bits per heavy atom. The molecule has 0 fully saturated rings. The maximum Gasteiger partial charge on any atom is 0.268 e. The van der Waals surface area contributed by atoms with E-state index in [-0.39, 0.29) is 23.6 Å². The average molecular weight is 326 g/mol. The smallest absolute Gasteiger partial charge is 0.268 e. The summed E-state index contributed by atoms with van der Waals surface area (Å²) in [6.45, 7) is 5.79. The van der Waals surface area contributed by atoms with Gasteiger partial charge in [-0.2, -0.15) is 0 Å². The van der Waals surface area contributed by atoms with Crippen molar-refractivity contribution in [2.75, 3.05) is 0 Å². The predicted octanol–water partition coefficient (Wildman–Crippen LogP) is 3.27. The van der Waals surface area contributed by atoms with Crippen LogP contribution < -0.4 is 10.6 Å². The molecule has 24 heavy (non-hydrogen) atoms. The van der Waals surface area contributed by atoms with Crippen LogP contribution in [0.2, 0.25) is 0 Å². The summed E-state index contributed by atoms with van der Waals surface area (Å²) in [7, 11) is 0. The van der Waals surface area contributed by atoms with Gasteiger partial charge in [0.1, 0.15) is 11.5 Å². The Morgan fingerprint density at radius 3 is 2.67 bits per heavy atom. The van der Waals surface area contributed by atoms with Gasteiger partial charge < -0.3 is 15.1 Å². The Bertz CT molecular complexity index is 733. The van der Waals surface area contributed by atoms with Crippen LogP contribution in [-0.2, 0) is 4.79 Å². The van der Waals surface area contributed by atoms with Crippen molar-refractivity contribution in [3.8, 4) is 0 Å². The molecule has 2 amide bonds. The second-order valence-corrected chi connectivity index (χ2v) is 5.68. The summed E-state index contributed by atoms with van der Waals surface area (Å²) in [4.78, 5) is 24.9. The third-order valence-corrected chi connectivity index (χ3v) is 3.59. The molecule has 5 heteroatoms. The summed E-state index contributed by atoms with van der Waals surface area (Å²) in [5.41, 5.74) is 1.62. The van der Waals surface area contributed by atoms with Gasteiger partial charge in [0.15, 0.2) is 0 Å². The Labute approximate surface area is 141 Å². The van der Waals surface area contributed by atoms with Gasteiger partial charge in [-0.15, -0.1) is 0 Å². The van der Waals surface area contributed by atoms with Crippen LogP contribution in [0.25, 0.3) is 6.08 Å². The highest BCUT2D eigenvalue weighted by atomic mass is 16.3. The van der Waals surface area contributed by atoms with Crippen molar-refractivity contribution in [3.05, 3.63) is 65.2 Å². The van der Waals surface area contributed by atoms with Crippen molar-refractivity contribution in [3.63, 3.8) is 0 Å². The topological polar surface area (TPSA) is 71.3 Å². The van der Waals surface area contributed by atoms with Crippen molar-refractivity contribution >= 4 is 17.9 Å². The van der Waals surface area contributed by atoms with E-state index in [2.05, 4.69) is 10.6 Å². The van der Waals surface area contributed by atoms with Gasteiger partial charge in [0.2, 0.25) is 0 Å². The molecule has 0 saturated carbocycles. The second kappa shape index (κ2) is 8.15. The van der Waals surface area contributed by atoms with Gasteiger partial charge in [-0.3, -0.25) is 9.59 Å². The molecule has 0 spiro atoms. The lowest BCUT2D eigenvalue weighted by atomic mass is 10.1. The van der Waals surface area contributed by atoms with Crippen LogP contribution in [-0.4, -0.2) is 17.9 Å². The third-order valence-electron chi connectivity index (χ3n) is 3.59. The van der Waals surface area contributed by atoms with Gasteiger partial charge in [-0.05, 0) is 44.5 Å². The Hall–Kier alpha value is -2.82. The number of aryl methyl sites for hydroxylation is 1. The molecule has 0 aliphatic carbocycles. The fourth-order valence-electron chi connectivity index (χ4n) is 2.06. The molecule has 0 aliphatic rings. The van der Waals surface area contributed by atoms with Crippen LogP contribution in [0.4, 0.5) is 0 Å². The molecule has 0 radical (unpaired) electrons. The number of hydrogen-bond donors (Lipinski definition) is 2. The maximum absolute atomic E-state index is 12.4. The minimum Gasteiger partial charge on any atom is -0.465 e. The van der Waals surface area contributed by atoms with E-state index in [0.717, 1.165) is 12.0 Å². The van der Waals surface area contributed by atoms with E-state index in [9.17, 15) is 9.59 Å². The van der Waals surface area contributed by atoms with E-state index in [1.807, 2.05) is 26.8 Å². The van der Waals surface area contributed by atoms with Crippen LogP contribution in [0.15, 0.2) is 52.8 Å². The summed E-state index contributed by atoms with van der Waals surface area (Å²) >= 11 is 0. The Kier molecular flexibility index (Phi) is 5.95. The molecule has 126 valence electrons. The molecule has 0 aliphatic heterocycles. The first-order chi connectivity index (χ1) is 11.5. The van der Waals surface area contributed by atoms with Gasteiger partial charge in [-0.25, -0.2) is 0 Å². The van der Waals surface area contributed by atoms with E-state index in [1.165, 1.54) is 12.3 Å². The predicted molar refractivity (Wildman–Crippen MR) is 93.2 cm³/mol. The van der Waals surface area contributed by atoms with Crippen LogP contribution in [0, 0.1) is 6.92 Å². The van der Waals surface area contributed by atoms with E-state index in [4.69, 9.17) is 4.42 Å². The molecule has 0 saturated heterocycles. The van der Waals surface area contributed by atoms with Gasteiger partial charge in [-0.1, -0.05) is 24.6 Å². The number of hydrogen-bond acceptors (Lipinski definition) is 3. The summed E-state index contributed by atoms with van der Waals surface area (Å²) in [5, 5.41) is 5.52. The van der Waals surface area contributed by atoms with Gasteiger partial charge >= 0.3 is 0 Å². The van der Waals surface area contributed by atoms with Crippen molar-refractivity contribution < 1.29 is 14.0 Å². The zero-order valence-electron chi connectivity index (χ0n) is 14.1. The fraction of sp³-hybridized carbons (Fsp3) is 0.263. The normalized spacial score (nSPS) is 12.5. The van der Waals surface area contributed by atoms with E-state index in [0.29, 0.717) is 11.3 Å². The largest absolute Gasteiger partial charge is 0.465 e. The number of nitrogens with one attached hydrogen (secondary N) is 2. The van der Waals surface area contributed by atoms with Gasteiger partial charge in [0.25, 0.3) is 11.8 Å². The van der Waals surface area contributed by atoms with Gasteiger partial charge in [0.05, 0.1) is 6.26 Å². The number of rotatable bonds is 6. The monoisotopic (exact) mass is 326 g/mol. The lowest BCUT2D eigenvalue weighted by molar-refractivity contribution is -0.118. The number of amides is 2. The average Bonchev–Trinajstić information content (AvgIpc) is 3.07. The quantitative estimate of drug-likeness (QED) is 0.800. The first kappa shape index (κ1) is 17.5. The highest BCUT2D eigenvalue weighted by molar-refractivity contribution is 6.05. The Balaban J connectivity index is 2.22. The zero-order chi connectivity index (χ0) is 17.5. The maximum atomic E-state index is 12.4. The minimum absolute atomic E-state index is 0.00775. The minimum atomic E-state index is -0.346. The third kappa shape index (κ3) is 4.84. The Morgan fingerprint density at radius 2 is 2.04 bits per heavy atom. The van der Waals surface area contributed by atoms with E-state index in [1.54, 1.807) is 30.3 Å². The molecular formula is C19H22N2O3. The van der Waals surface area contributed by atoms with Crippen molar-refractivity contribution in [1.29, 1.82) is 0 Å². The summed E-state index contributed by atoms with van der Waals surface area (Å²) < 4.78 is 5.24. The lowest BCUT2D eigenvalue weighted by Crippen LogP contribution is -2.39. The van der Waals surface area contributed by atoms with Crippen molar-refractivity contribution in [2.45, 2.75) is 33.2 Å². The number of carbonyl (C=O) groups excluding carboxylic acids is 2. The summed E-state index contributed by atoms with van der Waals surface area (Å²) in [5.74, 6) is -0.189. The molecule has 0 bridgehead atoms. The molecule has 2 aromatic rings. The first-order valence-electron chi connectivity index (χ1n) is 7.93. The lowest BCUT2D eigenvalue weighted by Gasteiger charge is -2.14. The van der Waals surface area contributed by atoms with Crippen LogP contribution in [0.5, 0.6) is 0 Å². The van der Waals surface area contributed by atoms with Crippen LogP contribution in [0.1, 0.15) is 41.9 Å². The standard InChI is InChI=1S/C19H22N2O3/c1-4-14(3)20-19(23)17(12-16-9-6-10-24-16)21-18(22)15-8-5-7-13(2)11-15/h5-12,14H,4H2,1-3H3,(H,20,23)(H,21,22)/b17-12-/t14-/m1/s1. The number of carbonyl (C=O) groups is 2. The molecule has 5 nitrogen and oxygen atoms in total. The summed E-state index contributed by atoms with van der Waals surface area (Å²) in [6.07, 6.45) is 3.83. The molecule has 1 atom stereocenters. The summed E-state index contributed by atoms with van der Waals surface area (Å²) in [6, 6.07) is 10.6. The number of benzene rings is 1. The first-order valence-corrected chi connectivity index (χ1v) is 7.93. The molecule has 1 aromatic carbocycles. The van der Waals surface area contributed by atoms with Crippen molar-refractivity contribution in [2.24, 2.45) is 0 Å². The zero-order valence-corrected chi connectivity index (χ0v) is 14.1. The van der Waals surface area contributed by atoms with E-state index >= 15 is 0 Å². The molecule has 0 unspecified atom stereocenters. The van der Waals surface area contributed by atoms with Crippen LogP contribution >= 0.6 is 0 Å². The molecule has 2 rings (SSSR count). The molecule has 1 heterocycles. The number of furan rings is 1. The molecule has 1 aromatic heterocycles. The van der Waals surface area contributed by atoms with Crippen molar-refractivity contribution in [1.82, 2.24) is 10.6 Å².